The number of nitrogens with one attached hydrogen (secondary N) is 1. The molecular formula is C16H17N5O3S. The Labute approximate surface area is 147 Å². The standard InChI is InChI=1S/C16H17N5O3S/c1-9(2)21-8-17-20-16(21)25-7-13-18-12-6-10(15(23)24-3)4-5-11(12)14(22)19-13/h4-6,8-9H,7H2,1-3H3,(H,18,19,22). The fourth-order valence-electron chi connectivity index (χ4n) is 2.32. The van der Waals surface area contributed by atoms with Crippen LogP contribution in [0, 0.1) is 0 Å². The van der Waals surface area contributed by atoms with E-state index in [1.807, 2.05) is 18.4 Å². The summed E-state index contributed by atoms with van der Waals surface area (Å²) in [6.07, 6.45) is 1.67. The molecule has 25 heavy (non-hydrogen) atoms. The molecule has 0 unspecified atom stereocenters. The Morgan fingerprint density at radius 3 is 2.92 bits per heavy atom. The normalized spacial score (nSPS) is 11.2. The fourth-order valence-corrected chi connectivity index (χ4v) is 3.24. The van der Waals surface area contributed by atoms with Crippen molar-refractivity contribution in [3.63, 3.8) is 0 Å². The van der Waals surface area contributed by atoms with Gasteiger partial charge >= 0.3 is 5.97 Å². The topological polar surface area (TPSA) is 103 Å². The number of aromatic amines is 1. The third-order valence-corrected chi connectivity index (χ3v) is 4.58. The van der Waals surface area contributed by atoms with E-state index in [1.54, 1.807) is 24.5 Å². The first-order valence-corrected chi connectivity index (χ1v) is 8.61. The monoisotopic (exact) mass is 359 g/mol. The lowest BCUT2D eigenvalue weighted by molar-refractivity contribution is 0.0601. The number of thioether (sulfide) groups is 1. The molecule has 3 rings (SSSR count). The van der Waals surface area contributed by atoms with Crippen LogP contribution in [-0.2, 0) is 10.5 Å². The second-order valence-electron chi connectivity index (χ2n) is 5.64. The SMILES string of the molecule is COC(=O)c1ccc2c(=O)[nH]c(CSc3nncn3C(C)C)nc2c1. The van der Waals surface area contributed by atoms with Crippen LogP contribution in [0.5, 0.6) is 0 Å². The molecule has 0 atom stereocenters. The smallest absolute Gasteiger partial charge is 0.337 e. The highest BCUT2D eigenvalue weighted by Crippen LogP contribution is 2.22. The van der Waals surface area contributed by atoms with Crippen LogP contribution in [0.3, 0.4) is 0 Å². The molecule has 0 spiro atoms. The van der Waals surface area contributed by atoms with Crippen molar-refractivity contribution in [2.75, 3.05) is 7.11 Å². The van der Waals surface area contributed by atoms with Gasteiger partial charge in [0.2, 0.25) is 0 Å². The maximum Gasteiger partial charge on any atom is 0.337 e. The van der Waals surface area contributed by atoms with E-state index >= 15 is 0 Å². The lowest BCUT2D eigenvalue weighted by atomic mass is 10.1. The van der Waals surface area contributed by atoms with Gasteiger partial charge in [-0.05, 0) is 32.0 Å². The Balaban J connectivity index is 1.90. The van der Waals surface area contributed by atoms with Crippen LogP contribution < -0.4 is 5.56 Å². The van der Waals surface area contributed by atoms with Crippen molar-refractivity contribution < 1.29 is 9.53 Å². The minimum Gasteiger partial charge on any atom is -0.465 e. The van der Waals surface area contributed by atoms with Gasteiger partial charge in [0.05, 0.1) is 29.3 Å². The third kappa shape index (κ3) is 3.55. The molecule has 0 fully saturated rings. The van der Waals surface area contributed by atoms with Gasteiger partial charge < -0.3 is 14.3 Å². The van der Waals surface area contributed by atoms with Crippen LogP contribution in [0.15, 0.2) is 34.5 Å². The number of hydrogen-bond acceptors (Lipinski definition) is 7. The van der Waals surface area contributed by atoms with Gasteiger partial charge in [0.25, 0.3) is 5.56 Å². The molecular weight excluding hydrogens is 342 g/mol. The Kier molecular flexibility index (Phi) is 4.84. The number of carbonyl (C=O) groups is 1. The molecule has 0 saturated heterocycles. The molecule has 0 aliphatic heterocycles. The zero-order valence-corrected chi connectivity index (χ0v) is 14.8. The summed E-state index contributed by atoms with van der Waals surface area (Å²) < 4.78 is 6.65. The highest BCUT2D eigenvalue weighted by atomic mass is 32.2. The van der Waals surface area contributed by atoms with Crippen molar-refractivity contribution in [3.8, 4) is 0 Å². The lowest BCUT2D eigenvalue weighted by Crippen LogP contribution is -2.12. The molecule has 0 saturated carbocycles. The number of fused-ring (bicyclic) bond motifs is 1. The molecule has 130 valence electrons. The first kappa shape index (κ1) is 17.2. The number of benzene rings is 1. The van der Waals surface area contributed by atoms with Crippen molar-refractivity contribution >= 4 is 28.6 Å². The molecule has 1 aromatic carbocycles. The number of aromatic nitrogens is 5. The Morgan fingerprint density at radius 1 is 1.40 bits per heavy atom. The molecule has 0 bridgehead atoms. The Bertz CT molecular complexity index is 979. The first-order valence-electron chi connectivity index (χ1n) is 7.63. The number of carbonyl (C=O) groups excluding carboxylic acids is 1. The van der Waals surface area contributed by atoms with Gasteiger partial charge in [0.15, 0.2) is 5.16 Å². The van der Waals surface area contributed by atoms with Crippen molar-refractivity contribution in [1.82, 2.24) is 24.7 Å². The summed E-state index contributed by atoms with van der Waals surface area (Å²) in [5.41, 5.74) is 0.557. The fraction of sp³-hybridized carbons (Fsp3) is 0.312. The molecule has 0 aliphatic rings. The van der Waals surface area contributed by atoms with Crippen molar-refractivity contribution in [2.24, 2.45) is 0 Å². The number of esters is 1. The number of hydrogen-bond donors (Lipinski definition) is 1. The lowest BCUT2D eigenvalue weighted by Gasteiger charge is -2.09. The first-order chi connectivity index (χ1) is 12.0. The van der Waals surface area contributed by atoms with Crippen LogP contribution in [-0.4, -0.2) is 37.8 Å². The molecule has 2 heterocycles. The van der Waals surface area contributed by atoms with Gasteiger partial charge in [0, 0.05) is 6.04 Å². The Hall–Kier alpha value is -2.68. The zero-order chi connectivity index (χ0) is 18.0. The Morgan fingerprint density at radius 2 is 2.20 bits per heavy atom. The predicted octanol–water partition coefficient (Wildman–Crippen LogP) is 2.17. The largest absolute Gasteiger partial charge is 0.465 e. The van der Waals surface area contributed by atoms with Gasteiger partial charge in [-0.3, -0.25) is 4.79 Å². The number of nitrogens with zero attached hydrogens (tertiary/aromatic N) is 4. The molecule has 2 aromatic heterocycles. The molecule has 3 aromatic rings. The van der Waals surface area contributed by atoms with E-state index in [1.165, 1.54) is 18.9 Å². The summed E-state index contributed by atoms with van der Waals surface area (Å²) in [4.78, 5) is 31.1. The van der Waals surface area contributed by atoms with Gasteiger partial charge in [-0.1, -0.05) is 11.8 Å². The van der Waals surface area contributed by atoms with Crippen molar-refractivity contribution in [3.05, 3.63) is 46.3 Å². The van der Waals surface area contributed by atoms with Crippen LogP contribution in [0.1, 0.15) is 36.1 Å². The van der Waals surface area contributed by atoms with Crippen LogP contribution in [0.2, 0.25) is 0 Å². The van der Waals surface area contributed by atoms with Gasteiger partial charge in [-0.15, -0.1) is 10.2 Å². The van der Waals surface area contributed by atoms with Gasteiger partial charge in [-0.25, -0.2) is 9.78 Å². The van der Waals surface area contributed by atoms with E-state index in [4.69, 9.17) is 4.74 Å². The average Bonchev–Trinajstić information content (AvgIpc) is 3.07. The summed E-state index contributed by atoms with van der Waals surface area (Å²) in [6, 6.07) is 4.91. The maximum absolute atomic E-state index is 12.2. The van der Waals surface area contributed by atoms with E-state index in [9.17, 15) is 9.59 Å². The zero-order valence-electron chi connectivity index (χ0n) is 14.0. The van der Waals surface area contributed by atoms with E-state index in [0.717, 1.165) is 5.16 Å². The van der Waals surface area contributed by atoms with E-state index < -0.39 is 5.97 Å². The van der Waals surface area contributed by atoms with E-state index in [2.05, 4.69) is 20.2 Å². The van der Waals surface area contributed by atoms with E-state index in [0.29, 0.717) is 28.0 Å². The predicted molar refractivity (Wildman–Crippen MR) is 93.7 cm³/mol. The summed E-state index contributed by atoms with van der Waals surface area (Å²) in [5.74, 6) is 0.465. The van der Waals surface area contributed by atoms with Gasteiger partial charge in [-0.2, -0.15) is 0 Å². The third-order valence-electron chi connectivity index (χ3n) is 3.61. The number of methoxy groups -OCH3 is 1. The van der Waals surface area contributed by atoms with Crippen LogP contribution >= 0.6 is 11.8 Å². The summed E-state index contributed by atoms with van der Waals surface area (Å²) in [7, 11) is 1.31. The van der Waals surface area contributed by atoms with Crippen LogP contribution in [0.25, 0.3) is 10.9 Å². The quantitative estimate of drug-likeness (QED) is 0.550. The van der Waals surface area contributed by atoms with Crippen molar-refractivity contribution in [2.45, 2.75) is 30.8 Å². The minimum atomic E-state index is -0.468. The van der Waals surface area contributed by atoms with Crippen molar-refractivity contribution in [1.29, 1.82) is 0 Å². The highest BCUT2D eigenvalue weighted by Gasteiger charge is 2.12. The number of ether oxygens (including phenoxy) is 1. The molecule has 9 heteroatoms. The number of H-pyrrole nitrogens is 1. The van der Waals surface area contributed by atoms with Gasteiger partial charge in [0.1, 0.15) is 12.2 Å². The minimum absolute atomic E-state index is 0.240. The molecule has 1 N–H and O–H groups in total. The average molecular weight is 359 g/mol. The number of rotatable bonds is 5. The van der Waals surface area contributed by atoms with Crippen LogP contribution in [0.4, 0.5) is 0 Å². The molecule has 0 amide bonds. The second-order valence-corrected chi connectivity index (χ2v) is 6.58. The summed E-state index contributed by atoms with van der Waals surface area (Å²) in [5, 5.41) is 9.17. The maximum atomic E-state index is 12.2. The molecule has 0 aliphatic carbocycles. The highest BCUT2D eigenvalue weighted by molar-refractivity contribution is 7.98. The second kappa shape index (κ2) is 7.06. The molecule has 8 nitrogen and oxygen atoms in total. The van der Waals surface area contributed by atoms with E-state index in [-0.39, 0.29) is 11.6 Å². The molecule has 0 radical (unpaired) electrons. The summed E-state index contributed by atoms with van der Waals surface area (Å²) in [6.45, 7) is 4.08. The summed E-state index contributed by atoms with van der Waals surface area (Å²) >= 11 is 1.43.